The van der Waals surface area contributed by atoms with E-state index in [1.54, 1.807) is 0 Å². The first-order valence-electron chi connectivity index (χ1n) is 5.55. The molecule has 0 aromatic heterocycles. The Morgan fingerprint density at radius 2 is 1.65 bits per heavy atom. The van der Waals surface area contributed by atoms with E-state index in [9.17, 15) is 0 Å². The van der Waals surface area contributed by atoms with Crippen LogP contribution in [0.3, 0.4) is 0 Å². The Morgan fingerprint density at radius 1 is 1.00 bits per heavy atom. The van der Waals surface area contributed by atoms with E-state index in [4.69, 9.17) is 16.1 Å². The highest BCUT2D eigenvalue weighted by Crippen LogP contribution is 2.36. The van der Waals surface area contributed by atoms with Crippen LogP contribution in [-0.4, -0.2) is 6.16 Å². The average molecular weight is 265 g/mol. The second-order valence-electron chi connectivity index (χ2n) is 3.58. The lowest BCUT2D eigenvalue weighted by Gasteiger charge is -2.17. The van der Waals surface area contributed by atoms with Gasteiger partial charge in [-0.1, -0.05) is 36.7 Å². The smallest absolute Gasteiger partial charge is 0.123 e. The molecule has 2 aromatic rings. The molecule has 88 valence electrons. The zero-order valence-corrected chi connectivity index (χ0v) is 11.3. The Bertz CT molecular complexity index is 455. The first-order valence-corrected chi connectivity index (χ1v) is 7.38. The summed E-state index contributed by atoms with van der Waals surface area (Å²) in [7, 11) is -0.601. The lowest BCUT2D eigenvalue weighted by Crippen LogP contribution is -2.06. The fourth-order valence-corrected chi connectivity index (χ4v) is 3.10. The van der Waals surface area contributed by atoms with Crippen molar-refractivity contribution >= 4 is 25.1 Å². The molecule has 1 unspecified atom stereocenters. The van der Waals surface area contributed by atoms with Crippen molar-refractivity contribution in [2.75, 3.05) is 6.16 Å². The standard InChI is InChI=1S/C14H14ClOP/c1-2-17(14-10-8-12(15)9-11-14)16-13-6-4-3-5-7-13/h3-11H,2H2,1H3. The third-order valence-corrected chi connectivity index (χ3v) is 4.49. The lowest BCUT2D eigenvalue weighted by molar-refractivity contribution is 0.622. The molecular weight excluding hydrogens is 251 g/mol. The van der Waals surface area contributed by atoms with E-state index in [2.05, 4.69) is 6.92 Å². The van der Waals surface area contributed by atoms with E-state index in [-0.39, 0.29) is 0 Å². The van der Waals surface area contributed by atoms with Gasteiger partial charge in [0.1, 0.15) is 13.9 Å². The van der Waals surface area contributed by atoms with Gasteiger partial charge in [0, 0.05) is 16.5 Å². The van der Waals surface area contributed by atoms with Crippen LogP contribution >= 0.6 is 19.7 Å². The van der Waals surface area contributed by atoms with E-state index < -0.39 is 8.15 Å². The van der Waals surface area contributed by atoms with Gasteiger partial charge in [0.15, 0.2) is 0 Å². The average Bonchev–Trinajstić information content (AvgIpc) is 2.38. The van der Waals surface area contributed by atoms with E-state index in [0.29, 0.717) is 0 Å². The maximum atomic E-state index is 6.01. The fraction of sp³-hybridized carbons (Fsp3) is 0.143. The van der Waals surface area contributed by atoms with Crippen LogP contribution in [0.15, 0.2) is 54.6 Å². The number of rotatable bonds is 4. The highest BCUT2D eigenvalue weighted by molar-refractivity contribution is 7.61. The van der Waals surface area contributed by atoms with E-state index in [0.717, 1.165) is 16.9 Å². The topological polar surface area (TPSA) is 9.23 Å². The van der Waals surface area contributed by atoms with Crippen molar-refractivity contribution in [1.29, 1.82) is 0 Å². The Morgan fingerprint density at radius 3 is 2.24 bits per heavy atom. The summed E-state index contributed by atoms with van der Waals surface area (Å²) in [5, 5.41) is 1.98. The minimum atomic E-state index is -0.601. The summed E-state index contributed by atoms with van der Waals surface area (Å²) in [5.41, 5.74) is 0. The maximum absolute atomic E-state index is 6.01. The molecule has 1 nitrogen and oxygen atoms in total. The molecule has 0 bridgehead atoms. The monoisotopic (exact) mass is 264 g/mol. The highest BCUT2D eigenvalue weighted by Gasteiger charge is 2.11. The molecule has 17 heavy (non-hydrogen) atoms. The first kappa shape index (κ1) is 12.4. The normalized spacial score (nSPS) is 12.1. The van der Waals surface area contributed by atoms with Crippen LogP contribution in [0.4, 0.5) is 0 Å². The minimum Gasteiger partial charge on any atom is -0.469 e. The van der Waals surface area contributed by atoms with Crippen LogP contribution in [0.25, 0.3) is 0 Å². The van der Waals surface area contributed by atoms with Gasteiger partial charge in [0.05, 0.1) is 0 Å². The number of hydrogen-bond acceptors (Lipinski definition) is 1. The summed E-state index contributed by atoms with van der Waals surface area (Å²) < 4.78 is 6.01. The molecule has 0 aliphatic rings. The second-order valence-corrected chi connectivity index (χ2v) is 6.10. The third-order valence-electron chi connectivity index (χ3n) is 2.36. The van der Waals surface area contributed by atoms with Gasteiger partial charge in [-0.2, -0.15) is 0 Å². The lowest BCUT2D eigenvalue weighted by atomic mass is 10.3. The largest absolute Gasteiger partial charge is 0.469 e. The van der Waals surface area contributed by atoms with Gasteiger partial charge in [-0.05, 0) is 36.4 Å². The van der Waals surface area contributed by atoms with Gasteiger partial charge in [0.25, 0.3) is 0 Å². The molecule has 0 spiro atoms. The Balaban J connectivity index is 2.14. The molecule has 0 aliphatic carbocycles. The van der Waals surface area contributed by atoms with Crippen molar-refractivity contribution < 1.29 is 4.52 Å². The van der Waals surface area contributed by atoms with Gasteiger partial charge < -0.3 is 4.52 Å². The van der Waals surface area contributed by atoms with Crippen LogP contribution in [0.2, 0.25) is 5.02 Å². The van der Waals surface area contributed by atoms with Crippen LogP contribution in [0, 0.1) is 0 Å². The van der Waals surface area contributed by atoms with E-state index in [1.807, 2.05) is 54.6 Å². The van der Waals surface area contributed by atoms with Gasteiger partial charge >= 0.3 is 0 Å². The van der Waals surface area contributed by atoms with Gasteiger partial charge in [0.2, 0.25) is 0 Å². The Hall–Kier alpha value is -1.04. The van der Waals surface area contributed by atoms with Crippen molar-refractivity contribution in [3.8, 4) is 5.75 Å². The van der Waals surface area contributed by atoms with Crippen molar-refractivity contribution in [3.05, 3.63) is 59.6 Å². The molecule has 0 fully saturated rings. The van der Waals surface area contributed by atoms with Gasteiger partial charge in [-0.3, -0.25) is 0 Å². The number of benzene rings is 2. The maximum Gasteiger partial charge on any atom is 0.123 e. The van der Waals surface area contributed by atoms with E-state index >= 15 is 0 Å². The Labute approximate surface area is 108 Å². The molecule has 2 rings (SSSR count). The molecule has 0 saturated carbocycles. The minimum absolute atomic E-state index is 0.601. The molecular formula is C14H14ClOP. The molecule has 0 amide bonds. The molecule has 0 aliphatic heterocycles. The van der Waals surface area contributed by atoms with Gasteiger partial charge in [-0.15, -0.1) is 0 Å². The van der Waals surface area contributed by atoms with Crippen molar-refractivity contribution in [2.45, 2.75) is 6.92 Å². The quantitative estimate of drug-likeness (QED) is 0.741. The molecule has 0 heterocycles. The fourth-order valence-electron chi connectivity index (χ4n) is 1.52. The molecule has 2 aromatic carbocycles. The summed E-state index contributed by atoms with van der Waals surface area (Å²) in [4.78, 5) is 0. The summed E-state index contributed by atoms with van der Waals surface area (Å²) >= 11 is 5.89. The predicted octanol–water partition coefficient (Wildman–Crippen LogP) is 4.46. The second kappa shape index (κ2) is 6.05. The summed E-state index contributed by atoms with van der Waals surface area (Å²) in [5.74, 6) is 0.926. The number of hydrogen-bond donors (Lipinski definition) is 0. The highest BCUT2D eigenvalue weighted by atomic mass is 35.5. The SMILES string of the molecule is CCP(Oc1ccccc1)c1ccc(Cl)cc1. The summed E-state index contributed by atoms with van der Waals surface area (Å²) in [6.07, 6.45) is 0.992. The van der Waals surface area contributed by atoms with Crippen molar-refractivity contribution in [1.82, 2.24) is 0 Å². The van der Waals surface area contributed by atoms with Crippen molar-refractivity contribution in [3.63, 3.8) is 0 Å². The van der Waals surface area contributed by atoms with Crippen LogP contribution in [0.1, 0.15) is 6.92 Å². The van der Waals surface area contributed by atoms with Crippen molar-refractivity contribution in [2.24, 2.45) is 0 Å². The molecule has 0 N–H and O–H groups in total. The van der Waals surface area contributed by atoms with Crippen LogP contribution in [0.5, 0.6) is 5.75 Å². The van der Waals surface area contributed by atoms with Gasteiger partial charge in [-0.25, -0.2) is 0 Å². The Kier molecular flexibility index (Phi) is 4.42. The van der Waals surface area contributed by atoms with Crippen LogP contribution in [-0.2, 0) is 0 Å². The van der Waals surface area contributed by atoms with E-state index in [1.165, 1.54) is 5.30 Å². The molecule has 1 atom stereocenters. The number of halogens is 1. The predicted molar refractivity (Wildman–Crippen MR) is 75.6 cm³/mol. The molecule has 0 saturated heterocycles. The third kappa shape index (κ3) is 3.46. The zero-order valence-electron chi connectivity index (χ0n) is 9.64. The molecule has 3 heteroatoms. The zero-order chi connectivity index (χ0) is 12.1. The molecule has 0 radical (unpaired) electrons. The van der Waals surface area contributed by atoms with Crippen LogP contribution < -0.4 is 9.83 Å². The first-order chi connectivity index (χ1) is 8.29. The summed E-state index contributed by atoms with van der Waals surface area (Å²) in [6.45, 7) is 2.14. The summed E-state index contributed by atoms with van der Waals surface area (Å²) in [6, 6.07) is 17.8. The number of para-hydroxylation sites is 1.